The van der Waals surface area contributed by atoms with Gasteiger partial charge in [0.15, 0.2) is 0 Å². The summed E-state index contributed by atoms with van der Waals surface area (Å²) in [7, 11) is 1.75. The van der Waals surface area contributed by atoms with Crippen LogP contribution in [0.1, 0.15) is 33.1 Å². The fraction of sp³-hybridized carbons (Fsp3) is 1.00. The molecule has 1 aliphatic rings. The van der Waals surface area contributed by atoms with Gasteiger partial charge in [-0.15, -0.1) is 0 Å². The second kappa shape index (κ2) is 4.60. The Kier molecular flexibility index (Phi) is 3.93. The normalized spacial score (nSPS) is 19.7. The largest absolute Gasteiger partial charge is 0.385 e. The summed E-state index contributed by atoms with van der Waals surface area (Å²) in [5.74, 6) is 0. The predicted molar refractivity (Wildman–Crippen MR) is 59.3 cm³/mol. The Balaban J connectivity index is 2.08. The molecule has 0 radical (unpaired) electrons. The van der Waals surface area contributed by atoms with E-state index in [1.54, 1.807) is 7.11 Å². The summed E-state index contributed by atoms with van der Waals surface area (Å²) in [5, 5.41) is 3.46. The van der Waals surface area contributed by atoms with Crippen LogP contribution in [0.4, 0.5) is 0 Å². The maximum Gasteiger partial charge on any atom is 0.0467 e. The highest BCUT2D eigenvalue weighted by atomic mass is 16.5. The minimum Gasteiger partial charge on any atom is -0.385 e. The first-order chi connectivity index (χ1) is 6.47. The van der Waals surface area contributed by atoms with Crippen LogP contribution in [0.5, 0.6) is 0 Å². The molecule has 0 aromatic rings. The van der Waals surface area contributed by atoms with Gasteiger partial charge in [-0.2, -0.15) is 0 Å². The lowest BCUT2D eigenvalue weighted by molar-refractivity contribution is 0.150. The van der Waals surface area contributed by atoms with Crippen molar-refractivity contribution < 1.29 is 4.74 Å². The number of nitrogens with two attached hydrogens (primary N) is 1. The SMILES string of the molecule is COCCC(C)(C)CNCC1(N)CC1. The van der Waals surface area contributed by atoms with Gasteiger partial charge in [-0.3, -0.25) is 0 Å². The van der Waals surface area contributed by atoms with Crippen molar-refractivity contribution in [3.63, 3.8) is 0 Å². The highest BCUT2D eigenvalue weighted by molar-refractivity contribution is 5.00. The quantitative estimate of drug-likeness (QED) is 0.647. The molecule has 3 nitrogen and oxygen atoms in total. The highest BCUT2D eigenvalue weighted by Crippen LogP contribution is 2.31. The first-order valence-electron chi connectivity index (χ1n) is 5.46. The fourth-order valence-corrected chi connectivity index (χ4v) is 1.45. The van der Waals surface area contributed by atoms with Crippen LogP contribution < -0.4 is 11.1 Å². The molecule has 0 amide bonds. The van der Waals surface area contributed by atoms with Crippen LogP contribution in [0.3, 0.4) is 0 Å². The third-order valence-electron chi connectivity index (χ3n) is 2.96. The Hall–Kier alpha value is -0.120. The van der Waals surface area contributed by atoms with Crippen molar-refractivity contribution in [2.45, 2.75) is 38.6 Å². The van der Waals surface area contributed by atoms with Crippen molar-refractivity contribution in [2.75, 3.05) is 26.8 Å². The molecular weight excluding hydrogens is 176 g/mol. The Bertz CT molecular complexity index is 176. The van der Waals surface area contributed by atoms with Gasteiger partial charge in [0.25, 0.3) is 0 Å². The topological polar surface area (TPSA) is 47.3 Å². The van der Waals surface area contributed by atoms with Crippen molar-refractivity contribution >= 4 is 0 Å². The van der Waals surface area contributed by atoms with E-state index in [1.807, 2.05) is 0 Å². The number of hydrogen-bond acceptors (Lipinski definition) is 3. The van der Waals surface area contributed by atoms with Crippen LogP contribution in [0.25, 0.3) is 0 Å². The number of rotatable bonds is 7. The molecular formula is C11H24N2O. The average Bonchev–Trinajstić information content (AvgIpc) is 2.80. The Labute approximate surface area is 87.4 Å². The smallest absolute Gasteiger partial charge is 0.0467 e. The van der Waals surface area contributed by atoms with Crippen LogP contribution in [0.2, 0.25) is 0 Å². The van der Waals surface area contributed by atoms with Crippen LogP contribution in [-0.4, -0.2) is 32.3 Å². The lowest BCUT2D eigenvalue weighted by Gasteiger charge is -2.25. The van der Waals surface area contributed by atoms with Gasteiger partial charge in [-0.05, 0) is 24.7 Å². The molecule has 0 bridgehead atoms. The molecule has 0 saturated heterocycles. The molecule has 0 heterocycles. The van der Waals surface area contributed by atoms with Gasteiger partial charge in [0.1, 0.15) is 0 Å². The van der Waals surface area contributed by atoms with Gasteiger partial charge in [0.05, 0.1) is 0 Å². The van der Waals surface area contributed by atoms with Crippen LogP contribution in [0.15, 0.2) is 0 Å². The standard InChI is InChI=1S/C11H24N2O/c1-10(2,6-7-14-3)8-13-9-11(12)4-5-11/h13H,4-9,12H2,1-3H3. The van der Waals surface area contributed by atoms with Crippen LogP contribution in [0, 0.1) is 5.41 Å². The van der Waals surface area contributed by atoms with Gasteiger partial charge in [0, 0.05) is 32.3 Å². The molecule has 1 aliphatic carbocycles. The molecule has 1 fully saturated rings. The van der Waals surface area contributed by atoms with Crippen molar-refractivity contribution in [1.82, 2.24) is 5.32 Å². The van der Waals surface area contributed by atoms with Crippen molar-refractivity contribution in [3.05, 3.63) is 0 Å². The molecule has 14 heavy (non-hydrogen) atoms. The maximum absolute atomic E-state index is 5.99. The van der Waals surface area contributed by atoms with Crippen molar-refractivity contribution in [1.29, 1.82) is 0 Å². The summed E-state index contributed by atoms with van der Waals surface area (Å²) in [6.07, 6.45) is 3.45. The highest BCUT2D eigenvalue weighted by Gasteiger charge is 2.37. The van der Waals surface area contributed by atoms with E-state index in [9.17, 15) is 0 Å². The van der Waals surface area contributed by atoms with E-state index in [2.05, 4.69) is 19.2 Å². The van der Waals surface area contributed by atoms with Gasteiger partial charge in [-0.25, -0.2) is 0 Å². The number of hydrogen-bond donors (Lipinski definition) is 2. The molecule has 3 heteroatoms. The first-order valence-corrected chi connectivity index (χ1v) is 5.46. The Morgan fingerprint density at radius 3 is 2.57 bits per heavy atom. The van der Waals surface area contributed by atoms with Crippen molar-refractivity contribution in [2.24, 2.45) is 11.1 Å². The van der Waals surface area contributed by atoms with Crippen LogP contribution >= 0.6 is 0 Å². The molecule has 84 valence electrons. The van der Waals surface area contributed by atoms with Gasteiger partial charge >= 0.3 is 0 Å². The molecule has 0 spiro atoms. The molecule has 1 rings (SSSR count). The third-order valence-corrected chi connectivity index (χ3v) is 2.96. The predicted octanol–water partition coefficient (Wildman–Crippen LogP) is 1.13. The monoisotopic (exact) mass is 200 g/mol. The number of methoxy groups -OCH3 is 1. The van der Waals surface area contributed by atoms with E-state index in [-0.39, 0.29) is 5.54 Å². The Morgan fingerprint density at radius 2 is 2.07 bits per heavy atom. The lowest BCUT2D eigenvalue weighted by Crippen LogP contribution is -2.40. The molecule has 0 aromatic heterocycles. The summed E-state index contributed by atoms with van der Waals surface area (Å²) in [4.78, 5) is 0. The minimum absolute atomic E-state index is 0.122. The zero-order chi connectivity index (χ0) is 10.7. The summed E-state index contributed by atoms with van der Waals surface area (Å²) in [6.45, 7) is 7.34. The number of ether oxygens (including phenoxy) is 1. The zero-order valence-corrected chi connectivity index (χ0v) is 9.73. The second-order valence-corrected chi connectivity index (χ2v) is 5.37. The van der Waals surface area contributed by atoms with Crippen LogP contribution in [-0.2, 0) is 4.74 Å². The van der Waals surface area contributed by atoms with E-state index < -0.39 is 0 Å². The molecule has 0 aliphatic heterocycles. The summed E-state index contributed by atoms with van der Waals surface area (Å²) in [6, 6.07) is 0. The van der Waals surface area contributed by atoms with Gasteiger partial charge < -0.3 is 15.8 Å². The van der Waals surface area contributed by atoms with Crippen molar-refractivity contribution in [3.8, 4) is 0 Å². The van der Waals surface area contributed by atoms with E-state index in [0.717, 1.165) is 26.1 Å². The fourth-order valence-electron chi connectivity index (χ4n) is 1.45. The summed E-state index contributed by atoms with van der Waals surface area (Å²) < 4.78 is 5.08. The number of nitrogens with one attached hydrogen (secondary N) is 1. The summed E-state index contributed by atoms with van der Waals surface area (Å²) >= 11 is 0. The molecule has 0 atom stereocenters. The molecule has 3 N–H and O–H groups in total. The maximum atomic E-state index is 5.99. The lowest BCUT2D eigenvalue weighted by atomic mass is 9.89. The molecule has 1 saturated carbocycles. The van der Waals surface area contributed by atoms with E-state index in [0.29, 0.717) is 5.41 Å². The summed E-state index contributed by atoms with van der Waals surface area (Å²) in [5.41, 5.74) is 6.42. The van der Waals surface area contributed by atoms with Gasteiger partial charge in [-0.1, -0.05) is 13.8 Å². The third kappa shape index (κ3) is 4.40. The minimum atomic E-state index is 0.122. The molecule has 0 unspecified atom stereocenters. The van der Waals surface area contributed by atoms with Gasteiger partial charge in [0.2, 0.25) is 0 Å². The van der Waals surface area contributed by atoms with E-state index in [1.165, 1.54) is 12.8 Å². The Morgan fingerprint density at radius 1 is 1.43 bits per heavy atom. The van der Waals surface area contributed by atoms with E-state index >= 15 is 0 Å². The average molecular weight is 200 g/mol. The zero-order valence-electron chi connectivity index (χ0n) is 9.73. The first kappa shape index (κ1) is 12.0. The second-order valence-electron chi connectivity index (χ2n) is 5.37. The van der Waals surface area contributed by atoms with E-state index in [4.69, 9.17) is 10.5 Å². The molecule has 0 aromatic carbocycles.